The predicted molar refractivity (Wildman–Crippen MR) is 70.7 cm³/mol. The van der Waals surface area contributed by atoms with E-state index >= 15 is 0 Å². The van der Waals surface area contributed by atoms with E-state index in [1.807, 2.05) is 12.1 Å². The summed E-state index contributed by atoms with van der Waals surface area (Å²) in [5.74, 6) is -0.830. The van der Waals surface area contributed by atoms with E-state index in [0.29, 0.717) is 11.1 Å². The summed E-state index contributed by atoms with van der Waals surface area (Å²) in [6, 6.07) is 8.32. The third-order valence-electron chi connectivity index (χ3n) is 2.78. The van der Waals surface area contributed by atoms with Crippen LogP contribution in [0.1, 0.15) is 17.3 Å². The summed E-state index contributed by atoms with van der Waals surface area (Å²) in [6.07, 6.45) is 1.63. The average molecular weight is 258 g/mol. The Balaban J connectivity index is 2.29. The number of hydrogen-bond acceptors (Lipinski definition) is 4. The number of carbonyl (C=O) groups excluding carboxylic acids is 2. The van der Waals surface area contributed by atoms with Gasteiger partial charge in [0.15, 0.2) is 0 Å². The average Bonchev–Trinajstić information content (AvgIpc) is 2.45. The lowest BCUT2D eigenvalue weighted by atomic mass is 10.1. The summed E-state index contributed by atoms with van der Waals surface area (Å²) in [7, 11) is 1.28. The molecule has 1 atom stereocenters. The molecule has 0 spiro atoms. The molecule has 5 heteroatoms. The molecule has 1 heterocycles. The van der Waals surface area contributed by atoms with Crippen LogP contribution in [0, 0.1) is 0 Å². The number of ether oxygens (including phenoxy) is 1. The Morgan fingerprint density at radius 2 is 2.00 bits per heavy atom. The molecule has 0 aliphatic rings. The Labute approximate surface area is 110 Å². The lowest BCUT2D eigenvalue weighted by molar-refractivity contribution is -0.142. The lowest BCUT2D eigenvalue weighted by Gasteiger charge is -2.12. The van der Waals surface area contributed by atoms with Crippen molar-refractivity contribution < 1.29 is 14.3 Å². The van der Waals surface area contributed by atoms with Gasteiger partial charge in [0, 0.05) is 11.6 Å². The molecule has 0 bridgehead atoms. The molecule has 5 nitrogen and oxygen atoms in total. The van der Waals surface area contributed by atoms with E-state index in [-0.39, 0.29) is 5.91 Å². The smallest absolute Gasteiger partial charge is 0.328 e. The highest BCUT2D eigenvalue weighted by Gasteiger charge is 2.18. The van der Waals surface area contributed by atoms with Gasteiger partial charge in [-0.05, 0) is 19.1 Å². The summed E-state index contributed by atoms with van der Waals surface area (Å²) in [4.78, 5) is 27.6. The molecule has 98 valence electrons. The Kier molecular flexibility index (Phi) is 3.75. The zero-order valence-electron chi connectivity index (χ0n) is 10.7. The molecular weight excluding hydrogens is 244 g/mol. The summed E-state index contributed by atoms with van der Waals surface area (Å²) >= 11 is 0. The second-order valence-corrected chi connectivity index (χ2v) is 4.10. The minimum Gasteiger partial charge on any atom is -0.467 e. The highest BCUT2D eigenvalue weighted by Crippen LogP contribution is 2.15. The van der Waals surface area contributed by atoms with Gasteiger partial charge in [0.25, 0.3) is 5.91 Å². The molecule has 2 rings (SSSR count). The largest absolute Gasteiger partial charge is 0.467 e. The molecule has 0 radical (unpaired) electrons. The first-order valence-electron chi connectivity index (χ1n) is 5.86. The Morgan fingerprint density at radius 3 is 2.74 bits per heavy atom. The summed E-state index contributed by atoms with van der Waals surface area (Å²) in [5.41, 5.74) is 1.05. The fourth-order valence-corrected chi connectivity index (χ4v) is 1.80. The summed E-state index contributed by atoms with van der Waals surface area (Å²) < 4.78 is 4.57. The maximum Gasteiger partial charge on any atom is 0.328 e. The fourth-order valence-electron chi connectivity index (χ4n) is 1.80. The SMILES string of the molecule is COC(=O)C(C)NC(=O)c1cccc2cccnc12. The molecule has 2 aromatic rings. The highest BCUT2D eigenvalue weighted by molar-refractivity contribution is 6.06. The van der Waals surface area contributed by atoms with Gasteiger partial charge >= 0.3 is 5.97 Å². The third-order valence-corrected chi connectivity index (χ3v) is 2.78. The topological polar surface area (TPSA) is 68.3 Å². The molecule has 1 N–H and O–H groups in total. The Morgan fingerprint density at radius 1 is 1.26 bits per heavy atom. The monoisotopic (exact) mass is 258 g/mol. The van der Waals surface area contributed by atoms with Gasteiger partial charge in [0.05, 0.1) is 18.2 Å². The zero-order chi connectivity index (χ0) is 13.8. The van der Waals surface area contributed by atoms with Crippen molar-refractivity contribution in [3.8, 4) is 0 Å². The molecule has 0 fully saturated rings. The number of nitrogens with one attached hydrogen (secondary N) is 1. The minimum absolute atomic E-state index is 0.345. The zero-order valence-corrected chi connectivity index (χ0v) is 10.7. The van der Waals surface area contributed by atoms with Gasteiger partial charge in [-0.3, -0.25) is 9.78 Å². The van der Waals surface area contributed by atoms with E-state index in [9.17, 15) is 9.59 Å². The van der Waals surface area contributed by atoms with Crippen molar-refractivity contribution in [2.45, 2.75) is 13.0 Å². The highest BCUT2D eigenvalue weighted by atomic mass is 16.5. The van der Waals surface area contributed by atoms with Crippen molar-refractivity contribution in [3.05, 3.63) is 42.1 Å². The van der Waals surface area contributed by atoms with E-state index < -0.39 is 12.0 Å². The molecule has 1 aromatic carbocycles. The van der Waals surface area contributed by atoms with Crippen LogP contribution in [-0.4, -0.2) is 30.0 Å². The van der Waals surface area contributed by atoms with Crippen LogP contribution >= 0.6 is 0 Å². The van der Waals surface area contributed by atoms with Crippen LogP contribution in [-0.2, 0) is 9.53 Å². The van der Waals surface area contributed by atoms with E-state index in [1.165, 1.54) is 7.11 Å². The van der Waals surface area contributed by atoms with Gasteiger partial charge in [-0.15, -0.1) is 0 Å². The molecule has 0 aliphatic heterocycles. The number of pyridine rings is 1. The first-order valence-corrected chi connectivity index (χ1v) is 5.86. The van der Waals surface area contributed by atoms with Crippen molar-refractivity contribution in [2.75, 3.05) is 7.11 Å². The fraction of sp³-hybridized carbons (Fsp3) is 0.214. The molecule has 1 unspecified atom stereocenters. The van der Waals surface area contributed by atoms with Crippen molar-refractivity contribution >= 4 is 22.8 Å². The quantitative estimate of drug-likeness (QED) is 0.848. The third kappa shape index (κ3) is 2.70. The number of amides is 1. The van der Waals surface area contributed by atoms with Crippen molar-refractivity contribution in [1.82, 2.24) is 10.3 Å². The van der Waals surface area contributed by atoms with Crippen molar-refractivity contribution in [1.29, 1.82) is 0 Å². The molecule has 0 aliphatic carbocycles. The number of benzene rings is 1. The molecule has 1 aromatic heterocycles. The van der Waals surface area contributed by atoms with Gasteiger partial charge in [0.1, 0.15) is 6.04 Å². The lowest BCUT2D eigenvalue weighted by Crippen LogP contribution is -2.39. The number of aromatic nitrogens is 1. The molecular formula is C14H14N2O3. The van der Waals surface area contributed by atoms with E-state index in [1.54, 1.807) is 31.3 Å². The number of carbonyl (C=O) groups is 2. The van der Waals surface area contributed by atoms with Crippen molar-refractivity contribution in [2.24, 2.45) is 0 Å². The number of fused-ring (bicyclic) bond motifs is 1. The molecule has 19 heavy (non-hydrogen) atoms. The van der Waals surface area contributed by atoms with E-state index in [4.69, 9.17) is 0 Å². The predicted octanol–water partition coefficient (Wildman–Crippen LogP) is 1.53. The van der Waals surface area contributed by atoms with Crippen LogP contribution in [0.2, 0.25) is 0 Å². The second kappa shape index (κ2) is 5.48. The van der Waals surface area contributed by atoms with Gasteiger partial charge in [-0.25, -0.2) is 4.79 Å². The number of hydrogen-bond donors (Lipinski definition) is 1. The second-order valence-electron chi connectivity index (χ2n) is 4.10. The van der Waals surface area contributed by atoms with Crippen LogP contribution in [0.5, 0.6) is 0 Å². The first-order chi connectivity index (χ1) is 9.13. The first kappa shape index (κ1) is 13.0. The molecule has 0 saturated carbocycles. The van der Waals surface area contributed by atoms with E-state index in [2.05, 4.69) is 15.0 Å². The molecule has 0 saturated heterocycles. The number of rotatable bonds is 3. The number of esters is 1. The standard InChI is InChI=1S/C14H14N2O3/c1-9(14(18)19-2)16-13(17)11-7-3-5-10-6-4-8-15-12(10)11/h3-9H,1-2H3,(H,16,17). The summed E-state index contributed by atoms with van der Waals surface area (Å²) in [5, 5.41) is 3.46. The Hall–Kier alpha value is -2.43. The van der Waals surface area contributed by atoms with Crippen LogP contribution in [0.4, 0.5) is 0 Å². The van der Waals surface area contributed by atoms with Crippen molar-refractivity contribution in [3.63, 3.8) is 0 Å². The normalized spacial score (nSPS) is 11.9. The minimum atomic E-state index is -0.698. The maximum atomic E-state index is 12.1. The van der Waals surface area contributed by atoms with Gasteiger partial charge in [-0.2, -0.15) is 0 Å². The van der Waals surface area contributed by atoms with Gasteiger partial charge < -0.3 is 10.1 Å². The molecule has 1 amide bonds. The number of nitrogens with zero attached hydrogens (tertiary/aromatic N) is 1. The van der Waals surface area contributed by atoms with Gasteiger partial charge in [0.2, 0.25) is 0 Å². The number of methoxy groups -OCH3 is 1. The summed E-state index contributed by atoms with van der Waals surface area (Å²) in [6.45, 7) is 1.57. The van der Waals surface area contributed by atoms with Crippen LogP contribution in [0.3, 0.4) is 0 Å². The maximum absolute atomic E-state index is 12.1. The van der Waals surface area contributed by atoms with Crippen LogP contribution in [0.15, 0.2) is 36.5 Å². The van der Waals surface area contributed by atoms with Gasteiger partial charge in [-0.1, -0.05) is 18.2 Å². The number of para-hydroxylation sites is 1. The Bertz CT molecular complexity index is 620. The van der Waals surface area contributed by atoms with Crippen LogP contribution in [0.25, 0.3) is 10.9 Å². The van der Waals surface area contributed by atoms with E-state index in [0.717, 1.165) is 5.39 Å². The van der Waals surface area contributed by atoms with Crippen LogP contribution < -0.4 is 5.32 Å².